The third kappa shape index (κ3) is 4.53. The first-order valence-corrected chi connectivity index (χ1v) is 8.88. The zero-order chi connectivity index (χ0) is 22.4. The monoisotopic (exact) mass is 570 g/mol. The first kappa shape index (κ1) is 26.1. The van der Waals surface area contributed by atoms with Crippen LogP contribution in [0.15, 0.2) is 0 Å². The van der Waals surface area contributed by atoms with Crippen molar-refractivity contribution in [3.63, 3.8) is 0 Å². The van der Waals surface area contributed by atoms with Gasteiger partial charge < -0.3 is 0 Å². The first-order chi connectivity index (χ1) is 12.2. The van der Waals surface area contributed by atoms with Gasteiger partial charge in [0, 0.05) is 39.3 Å². The number of hydrogen-bond acceptors (Lipinski definition) is 2. The number of alkyl halides is 14. The van der Waals surface area contributed by atoms with Gasteiger partial charge in [-0.1, -0.05) is 0 Å². The highest BCUT2D eigenvalue weighted by molar-refractivity contribution is 9.10. The number of nitrogens with zero attached hydrogens (tertiary/aromatic N) is 2. The Hall–Kier alpha value is 0.0400. The summed E-state index contributed by atoms with van der Waals surface area (Å²) in [6.07, 6.45) is 0. The molecule has 0 N–H and O–H groups in total. The minimum absolute atomic E-state index is 0.605. The highest BCUT2D eigenvalue weighted by atomic mass is 79.9. The Bertz CT molecular complexity index is 479. The molecule has 0 aromatic carbocycles. The summed E-state index contributed by atoms with van der Waals surface area (Å²) in [7, 11) is 0. The highest BCUT2D eigenvalue weighted by Gasteiger charge is 2.89. The summed E-state index contributed by atoms with van der Waals surface area (Å²) in [5, 5.41) is 0. The predicted octanol–water partition coefficient (Wildman–Crippen LogP) is 5.12. The molecule has 3 fully saturated rings. The Morgan fingerprint density at radius 3 is 0.679 bits per heavy atom. The van der Waals surface area contributed by atoms with Crippen molar-refractivity contribution in [3.8, 4) is 0 Å². The molecule has 0 saturated carbocycles. The molecule has 2 bridgehead atoms. The fourth-order valence-corrected chi connectivity index (χ4v) is 2.77. The van der Waals surface area contributed by atoms with Gasteiger partial charge in [-0.25, -0.2) is 0 Å². The topological polar surface area (TPSA) is 6.48 Å². The number of fused-ring (bicyclic) bond motifs is 3. The van der Waals surface area contributed by atoms with Crippen molar-refractivity contribution in [1.29, 1.82) is 0 Å². The van der Waals surface area contributed by atoms with Crippen molar-refractivity contribution in [1.82, 2.24) is 9.80 Å². The van der Waals surface area contributed by atoms with Crippen LogP contribution >= 0.6 is 31.9 Å². The molecule has 0 aliphatic carbocycles. The Kier molecular flexibility index (Phi) is 7.40. The van der Waals surface area contributed by atoms with Gasteiger partial charge in [0.15, 0.2) is 0 Å². The Morgan fingerprint density at radius 1 is 0.393 bits per heavy atom. The zero-order valence-electron chi connectivity index (χ0n) is 13.4. The van der Waals surface area contributed by atoms with E-state index in [0.717, 1.165) is 0 Å². The number of rotatable bonds is 5. The van der Waals surface area contributed by atoms with E-state index in [4.69, 9.17) is 0 Å². The highest BCUT2D eigenvalue weighted by Crippen LogP contribution is 2.61. The molecule has 0 radical (unpaired) electrons. The van der Waals surface area contributed by atoms with Gasteiger partial charge in [0.05, 0.1) is 0 Å². The van der Waals surface area contributed by atoms with Crippen LogP contribution in [0.2, 0.25) is 0 Å². The van der Waals surface area contributed by atoms with E-state index in [0.29, 0.717) is 31.9 Å². The van der Waals surface area contributed by atoms with E-state index in [2.05, 4.69) is 9.80 Å². The lowest BCUT2D eigenvalue weighted by molar-refractivity contribution is -0.404. The van der Waals surface area contributed by atoms with Crippen LogP contribution in [-0.2, 0) is 0 Å². The van der Waals surface area contributed by atoms with E-state index in [1.165, 1.54) is 39.3 Å². The fraction of sp³-hybridized carbons (Fsp3) is 1.00. The summed E-state index contributed by atoms with van der Waals surface area (Å²) in [5.74, 6) is -29.2. The molecule has 3 heterocycles. The van der Waals surface area contributed by atoms with Crippen molar-refractivity contribution in [2.45, 2.75) is 33.4 Å². The van der Waals surface area contributed by atoms with E-state index >= 15 is 0 Å². The molecule has 0 unspecified atom stereocenters. The zero-order valence-corrected chi connectivity index (χ0v) is 16.6. The summed E-state index contributed by atoms with van der Waals surface area (Å²) in [5.41, 5.74) is 0. The standard InChI is InChI=1S/C6Br2F12.C6H12N2/c7-5(17,18)3(13,14)1(9,10)2(11,12)4(15,16)6(8,19)20;1-2-8-5-3-7(1)4-6-8/h;1-6H2. The molecular weight excluding hydrogens is 560 g/mol. The average Bonchev–Trinajstić information content (AvgIpc) is 2.54. The van der Waals surface area contributed by atoms with Gasteiger partial charge in [-0.05, 0) is 31.9 Å². The summed E-state index contributed by atoms with van der Waals surface area (Å²) < 4.78 is 149. The lowest BCUT2D eigenvalue weighted by Gasteiger charge is -2.41. The van der Waals surface area contributed by atoms with Gasteiger partial charge in [-0.2, -0.15) is 52.7 Å². The van der Waals surface area contributed by atoms with E-state index < -0.39 is 33.4 Å². The smallest absolute Gasteiger partial charge is 0.300 e. The average molecular weight is 572 g/mol. The molecule has 0 aromatic heterocycles. The van der Waals surface area contributed by atoms with Gasteiger partial charge >= 0.3 is 33.4 Å². The second kappa shape index (κ2) is 7.94. The Labute approximate surface area is 167 Å². The quantitative estimate of drug-likeness (QED) is 0.334. The predicted molar refractivity (Wildman–Crippen MR) is 80.4 cm³/mol. The van der Waals surface area contributed by atoms with Crippen molar-refractivity contribution < 1.29 is 52.7 Å². The van der Waals surface area contributed by atoms with Gasteiger partial charge in [0.1, 0.15) is 0 Å². The molecule has 0 aromatic rings. The number of hydrogen-bond donors (Lipinski definition) is 0. The van der Waals surface area contributed by atoms with Crippen molar-refractivity contribution in [2.75, 3.05) is 39.3 Å². The van der Waals surface area contributed by atoms with E-state index in [1.54, 1.807) is 0 Å². The maximum Gasteiger partial charge on any atom is 0.388 e. The molecule has 3 rings (SSSR count). The van der Waals surface area contributed by atoms with Crippen LogP contribution in [0.5, 0.6) is 0 Å². The van der Waals surface area contributed by atoms with E-state index in [1.807, 2.05) is 0 Å². The van der Waals surface area contributed by atoms with Crippen LogP contribution in [0.25, 0.3) is 0 Å². The van der Waals surface area contributed by atoms with E-state index in [9.17, 15) is 52.7 Å². The van der Waals surface area contributed by atoms with Gasteiger partial charge in [-0.3, -0.25) is 9.80 Å². The molecule has 28 heavy (non-hydrogen) atoms. The summed E-state index contributed by atoms with van der Waals surface area (Å²) >= 11 is 1.21. The van der Waals surface area contributed by atoms with Crippen molar-refractivity contribution >= 4 is 31.9 Å². The number of piperazine rings is 3. The molecule has 3 aliphatic rings. The summed E-state index contributed by atoms with van der Waals surface area (Å²) in [6.45, 7) is 7.92. The van der Waals surface area contributed by atoms with Gasteiger partial charge in [0.2, 0.25) is 0 Å². The van der Waals surface area contributed by atoms with Crippen LogP contribution < -0.4 is 0 Å². The number of halogens is 14. The second-order valence-electron chi connectivity index (χ2n) is 5.98. The maximum atomic E-state index is 12.7. The molecule has 0 amide bonds. The lowest BCUT2D eigenvalue weighted by atomic mass is 9.99. The minimum Gasteiger partial charge on any atom is -0.300 e. The van der Waals surface area contributed by atoms with E-state index in [-0.39, 0.29) is 0 Å². The summed E-state index contributed by atoms with van der Waals surface area (Å²) in [6, 6.07) is 0. The molecule has 0 spiro atoms. The Morgan fingerprint density at radius 2 is 0.571 bits per heavy atom. The third-order valence-corrected chi connectivity index (χ3v) is 5.09. The second-order valence-corrected chi connectivity index (χ2v) is 7.97. The SMILES string of the molecule is C1CN2CCN1CC2.FC(F)(Br)C(F)(F)C(F)(F)C(F)(F)C(F)(F)C(F)(F)Br. The molecule has 3 aliphatic heterocycles. The van der Waals surface area contributed by atoms with Crippen molar-refractivity contribution in [2.24, 2.45) is 0 Å². The minimum atomic E-state index is -7.51. The van der Waals surface area contributed by atoms with Crippen LogP contribution in [0, 0.1) is 0 Å². The Balaban J connectivity index is 0.000000395. The third-order valence-electron chi connectivity index (χ3n) is 4.09. The maximum absolute atomic E-state index is 12.7. The molecule has 0 atom stereocenters. The van der Waals surface area contributed by atoms with Gasteiger partial charge in [0.25, 0.3) is 0 Å². The van der Waals surface area contributed by atoms with Crippen LogP contribution in [0.3, 0.4) is 0 Å². The lowest BCUT2D eigenvalue weighted by Crippen LogP contribution is -2.68. The van der Waals surface area contributed by atoms with Crippen LogP contribution in [-0.4, -0.2) is 82.4 Å². The molecule has 2 nitrogen and oxygen atoms in total. The van der Waals surface area contributed by atoms with Crippen molar-refractivity contribution in [3.05, 3.63) is 0 Å². The molecule has 3 saturated heterocycles. The van der Waals surface area contributed by atoms with Crippen LogP contribution in [0.4, 0.5) is 52.7 Å². The first-order valence-electron chi connectivity index (χ1n) is 7.29. The largest absolute Gasteiger partial charge is 0.388 e. The molecule has 16 heteroatoms. The van der Waals surface area contributed by atoms with Gasteiger partial charge in [-0.15, -0.1) is 0 Å². The fourth-order valence-electron chi connectivity index (χ4n) is 2.27. The molecule has 168 valence electrons. The summed E-state index contributed by atoms with van der Waals surface area (Å²) in [4.78, 5) is -7.05. The molecular formula is C12H12Br2F12N2. The van der Waals surface area contributed by atoms with Crippen LogP contribution in [0.1, 0.15) is 0 Å². The normalized spacial score (nSPS) is 24.6.